The molecule has 0 spiro atoms. The molecule has 102 valence electrons. The number of benzene rings is 1. The Bertz CT molecular complexity index is 616. The molecule has 1 aromatic rings. The zero-order valence-electron chi connectivity index (χ0n) is 10.1. The van der Waals surface area contributed by atoms with Gasteiger partial charge in [-0.2, -0.15) is 8.42 Å². The van der Waals surface area contributed by atoms with Gasteiger partial charge in [-0.25, -0.2) is 0 Å². The molecule has 19 heavy (non-hydrogen) atoms. The second kappa shape index (κ2) is 6.07. The van der Waals surface area contributed by atoms with Crippen LogP contribution < -0.4 is 16.8 Å². The topological polar surface area (TPSA) is 118 Å². The predicted octanol–water partition coefficient (Wildman–Crippen LogP) is 1.44. The van der Waals surface area contributed by atoms with E-state index in [0.29, 0.717) is 11.4 Å². The average molecular weight is 281 g/mol. The molecule has 7 heteroatoms. The molecule has 1 aromatic carbocycles. The highest BCUT2D eigenvalue weighted by Gasteiger charge is 2.15. The van der Waals surface area contributed by atoms with E-state index in [2.05, 4.69) is 11.9 Å². The Labute approximate surface area is 111 Å². The molecule has 0 amide bonds. The van der Waals surface area contributed by atoms with Gasteiger partial charge in [0.15, 0.2) is 0 Å². The molecule has 0 aliphatic heterocycles. The zero-order valence-corrected chi connectivity index (χ0v) is 10.9. The summed E-state index contributed by atoms with van der Waals surface area (Å²) in [6.07, 6.45) is 4.02. The van der Waals surface area contributed by atoms with E-state index < -0.39 is 15.0 Å². The minimum Gasteiger partial charge on any atom is -0.405 e. The minimum atomic E-state index is -4.39. The lowest BCUT2D eigenvalue weighted by Gasteiger charge is -2.11. The first-order chi connectivity index (χ1) is 8.84. The summed E-state index contributed by atoms with van der Waals surface area (Å²) in [4.78, 5) is -0.456. The van der Waals surface area contributed by atoms with Gasteiger partial charge >= 0.3 is 0 Å². The third-order valence-electron chi connectivity index (χ3n) is 2.18. The van der Waals surface area contributed by atoms with Crippen molar-refractivity contribution < 1.29 is 13.0 Å². The lowest BCUT2D eigenvalue weighted by Crippen LogP contribution is -2.10. The normalized spacial score (nSPS) is 12.6. The Morgan fingerprint density at radius 1 is 1.32 bits per heavy atom. The van der Waals surface area contributed by atoms with Gasteiger partial charge in [-0.1, -0.05) is 6.58 Å². The largest absolute Gasteiger partial charge is 0.405 e. The Morgan fingerprint density at radius 2 is 1.89 bits per heavy atom. The molecule has 0 saturated carbocycles. The standard InChI is InChI=1S/C12H15N3O3S/c1-9(19(16,17)18)12(3-2-8-13)15-11-6-4-10(14)5-7-11/h2-8,15H,1,13-14H2,(H,16,17,18)/b8-2+,12-3+. The number of rotatable bonds is 5. The van der Waals surface area contributed by atoms with Gasteiger partial charge < -0.3 is 16.8 Å². The molecule has 0 aromatic heterocycles. The molecule has 6 N–H and O–H groups in total. The maximum Gasteiger partial charge on any atom is 0.295 e. The highest BCUT2D eigenvalue weighted by molar-refractivity contribution is 7.90. The maximum atomic E-state index is 11.1. The van der Waals surface area contributed by atoms with Crippen LogP contribution in [0.4, 0.5) is 11.4 Å². The van der Waals surface area contributed by atoms with E-state index >= 15 is 0 Å². The van der Waals surface area contributed by atoms with Crippen LogP contribution in [0.15, 0.2) is 59.8 Å². The van der Waals surface area contributed by atoms with Crippen LogP contribution in [0.2, 0.25) is 0 Å². The minimum absolute atomic E-state index is 0.106. The monoisotopic (exact) mass is 281 g/mol. The number of nitrogens with one attached hydrogen (secondary N) is 1. The Morgan fingerprint density at radius 3 is 2.37 bits per heavy atom. The smallest absolute Gasteiger partial charge is 0.295 e. The van der Waals surface area contributed by atoms with Crippen LogP contribution in [0.3, 0.4) is 0 Å². The first-order valence-electron chi connectivity index (χ1n) is 5.22. The molecular formula is C12H15N3O3S. The van der Waals surface area contributed by atoms with Gasteiger partial charge in [-0.15, -0.1) is 0 Å². The number of allylic oxidation sites excluding steroid dienone is 2. The molecule has 0 unspecified atom stereocenters. The summed E-state index contributed by atoms with van der Waals surface area (Å²) in [5.41, 5.74) is 12.0. The van der Waals surface area contributed by atoms with Crippen molar-refractivity contribution in [3.05, 3.63) is 59.8 Å². The maximum absolute atomic E-state index is 11.1. The van der Waals surface area contributed by atoms with Crippen molar-refractivity contribution in [3.63, 3.8) is 0 Å². The number of nitrogen functional groups attached to an aromatic ring is 1. The van der Waals surface area contributed by atoms with E-state index in [-0.39, 0.29) is 5.70 Å². The van der Waals surface area contributed by atoms with Crippen LogP contribution in [0.25, 0.3) is 0 Å². The first-order valence-corrected chi connectivity index (χ1v) is 6.66. The summed E-state index contributed by atoms with van der Waals surface area (Å²) in [6, 6.07) is 6.61. The quantitative estimate of drug-likeness (QED) is 0.368. The lowest BCUT2D eigenvalue weighted by atomic mass is 10.2. The molecule has 0 aliphatic rings. The molecule has 0 aliphatic carbocycles. The number of anilines is 2. The van der Waals surface area contributed by atoms with Gasteiger partial charge in [0.2, 0.25) is 0 Å². The number of nitrogens with two attached hydrogens (primary N) is 2. The van der Waals surface area contributed by atoms with Crippen molar-refractivity contribution in [2.45, 2.75) is 0 Å². The zero-order chi connectivity index (χ0) is 14.5. The Kier molecular flexibility index (Phi) is 4.74. The van der Waals surface area contributed by atoms with Crippen molar-refractivity contribution in [2.75, 3.05) is 11.1 Å². The van der Waals surface area contributed by atoms with Crippen LogP contribution in [0.1, 0.15) is 0 Å². The lowest BCUT2D eigenvalue weighted by molar-refractivity contribution is 0.492. The second-order valence-electron chi connectivity index (χ2n) is 3.61. The van der Waals surface area contributed by atoms with Gasteiger partial charge in [-0.05, 0) is 42.6 Å². The molecule has 0 saturated heterocycles. The molecule has 0 atom stereocenters. The molecular weight excluding hydrogens is 266 g/mol. The average Bonchev–Trinajstić information content (AvgIpc) is 2.35. The molecule has 0 radical (unpaired) electrons. The predicted molar refractivity (Wildman–Crippen MR) is 76.6 cm³/mol. The summed E-state index contributed by atoms with van der Waals surface area (Å²) >= 11 is 0. The van der Waals surface area contributed by atoms with E-state index in [1.54, 1.807) is 24.3 Å². The van der Waals surface area contributed by atoms with Crippen molar-refractivity contribution >= 4 is 21.5 Å². The third kappa shape index (κ3) is 4.49. The molecule has 0 fully saturated rings. The Hall–Kier alpha value is -2.25. The number of hydrogen-bond donors (Lipinski definition) is 4. The van der Waals surface area contributed by atoms with Gasteiger partial charge in [0, 0.05) is 11.4 Å². The molecule has 0 heterocycles. The van der Waals surface area contributed by atoms with Crippen molar-refractivity contribution in [2.24, 2.45) is 5.73 Å². The van der Waals surface area contributed by atoms with E-state index in [1.165, 1.54) is 18.4 Å². The van der Waals surface area contributed by atoms with Crippen LogP contribution in [-0.2, 0) is 10.1 Å². The highest BCUT2D eigenvalue weighted by atomic mass is 32.2. The van der Waals surface area contributed by atoms with Crippen LogP contribution in [0.5, 0.6) is 0 Å². The van der Waals surface area contributed by atoms with E-state index in [1.807, 2.05) is 0 Å². The van der Waals surface area contributed by atoms with Gasteiger partial charge in [0.05, 0.1) is 5.70 Å². The summed E-state index contributed by atoms with van der Waals surface area (Å²) in [5, 5.41) is 2.81. The van der Waals surface area contributed by atoms with Crippen molar-refractivity contribution in [1.29, 1.82) is 0 Å². The van der Waals surface area contributed by atoms with Crippen molar-refractivity contribution in [3.8, 4) is 0 Å². The fraction of sp³-hybridized carbons (Fsp3) is 0. The van der Waals surface area contributed by atoms with Gasteiger partial charge in [-0.3, -0.25) is 4.55 Å². The fourth-order valence-corrected chi connectivity index (χ4v) is 1.61. The summed E-state index contributed by atoms with van der Waals surface area (Å²) in [6.45, 7) is 3.32. The molecule has 1 rings (SSSR count). The SMILES string of the molecule is C=C(/C(=C\C=C\N)Nc1ccc(N)cc1)S(=O)(=O)O. The van der Waals surface area contributed by atoms with Crippen LogP contribution in [0, 0.1) is 0 Å². The van der Waals surface area contributed by atoms with Gasteiger partial charge in [0.1, 0.15) is 4.91 Å². The van der Waals surface area contributed by atoms with Crippen molar-refractivity contribution in [1.82, 2.24) is 0 Å². The Balaban J connectivity index is 3.06. The second-order valence-corrected chi connectivity index (χ2v) is 5.05. The van der Waals surface area contributed by atoms with Crippen LogP contribution in [-0.4, -0.2) is 13.0 Å². The van der Waals surface area contributed by atoms with Gasteiger partial charge in [0.25, 0.3) is 10.1 Å². The fourth-order valence-electron chi connectivity index (χ4n) is 1.22. The molecule has 6 nitrogen and oxygen atoms in total. The first kappa shape index (κ1) is 14.8. The summed E-state index contributed by atoms with van der Waals surface area (Å²) < 4.78 is 31.2. The molecule has 0 bridgehead atoms. The highest BCUT2D eigenvalue weighted by Crippen LogP contribution is 2.19. The summed E-state index contributed by atoms with van der Waals surface area (Å²) in [5.74, 6) is 0. The van der Waals surface area contributed by atoms with E-state index in [9.17, 15) is 8.42 Å². The summed E-state index contributed by atoms with van der Waals surface area (Å²) in [7, 11) is -4.39. The van der Waals surface area contributed by atoms with Crippen LogP contribution >= 0.6 is 0 Å². The van der Waals surface area contributed by atoms with E-state index in [0.717, 1.165) is 0 Å². The third-order valence-corrected chi connectivity index (χ3v) is 3.02. The number of hydrogen-bond acceptors (Lipinski definition) is 5. The van der Waals surface area contributed by atoms with E-state index in [4.69, 9.17) is 16.0 Å².